The molecular formula is C20H21N5O. The largest absolute Gasteiger partial charge is 0.334 e. The van der Waals surface area contributed by atoms with Gasteiger partial charge in [-0.15, -0.1) is 0 Å². The average Bonchev–Trinajstić information content (AvgIpc) is 3.37. The van der Waals surface area contributed by atoms with E-state index in [0.29, 0.717) is 5.69 Å². The lowest BCUT2D eigenvalue weighted by atomic mass is 10.0. The number of likely N-dealkylation sites (tertiary alicyclic amines) is 1. The van der Waals surface area contributed by atoms with Gasteiger partial charge in [0.05, 0.1) is 5.69 Å². The van der Waals surface area contributed by atoms with Gasteiger partial charge in [-0.1, -0.05) is 0 Å². The number of hydrogen-bond acceptors (Lipinski definition) is 4. The summed E-state index contributed by atoms with van der Waals surface area (Å²) in [5.41, 5.74) is 3.45. The van der Waals surface area contributed by atoms with E-state index in [1.807, 2.05) is 47.6 Å². The van der Waals surface area contributed by atoms with E-state index in [1.165, 1.54) is 5.56 Å². The fourth-order valence-corrected chi connectivity index (χ4v) is 3.53. The lowest BCUT2D eigenvalue weighted by molar-refractivity contribution is 0.0724. The van der Waals surface area contributed by atoms with Gasteiger partial charge in [0.25, 0.3) is 5.91 Å². The number of pyridine rings is 2. The number of aromatic amines is 1. The summed E-state index contributed by atoms with van der Waals surface area (Å²) >= 11 is 0. The maximum atomic E-state index is 12.9. The van der Waals surface area contributed by atoms with Gasteiger partial charge in [-0.25, -0.2) is 0 Å². The van der Waals surface area contributed by atoms with Crippen LogP contribution in [0.25, 0.3) is 11.3 Å². The van der Waals surface area contributed by atoms with Crippen molar-refractivity contribution in [1.82, 2.24) is 25.1 Å². The molecule has 1 N–H and O–H groups in total. The van der Waals surface area contributed by atoms with Crippen molar-refractivity contribution in [2.75, 3.05) is 6.54 Å². The Hall–Kier alpha value is -3.02. The van der Waals surface area contributed by atoms with E-state index >= 15 is 0 Å². The monoisotopic (exact) mass is 347 g/mol. The summed E-state index contributed by atoms with van der Waals surface area (Å²) in [5, 5.41) is 7.18. The summed E-state index contributed by atoms with van der Waals surface area (Å²) in [6.45, 7) is 0.807. The number of nitrogens with zero attached hydrogens (tertiary/aromatic N) is 4. The van der Waals surface area contributed by atoms with Gasteiger partial charge in [-0.05, 0) is 61.6 Å². The Morgan fingerprint density at radius 3 is 2.88 bits per heavy atom. The number of aromatic nitrogens is 4. The zero-order chi connectivity index (χ0) is 17.8. The topological polar surface area (TPSA) is 74.8 Å². The zero-order valence-corrected chi connectivity index (χ0v) is 14.5. The molecule has 1 aliphatic rings. The molecule has 6 nitrogen and oxygen atoms in total. The van der Waals surface area contributed by atoms with Gasteiger partial charge >= 0.3 is 0 Å². The maximum absolute atomic E-state index is 12.9. The molecule has 132 valence electrons. The molecule has 1 aliphatic heterocycles. The van der Waals surface area contributed by atoms with Crippen molar-refractivity contribution in [3.05, 3.63) is 66.4 Å². The minimum Gasteiger partial charge on any atom is -0.334 e. The van der Waals surface area contributed by atoms with E-state index in [0.717, 1.165) is 43.5 Å². The highest BCUT2D eigenvalue weighted by atomic mass is 16.2. The second-order valence-corrected chi connectivity index (χ2v) is 6.60. The SMILES string of the molecule is O=C(c1cc(-c2cccnc2)n[nH]1)N1CCC[C@H]1CCc1ccncc1. The predicted molar refractivity (Wildman–Crippen MR) is 98.4 cm³/mol. The summed E-state index contributed by atoms with van der Waals surface area (Å²) in [6, 6.07) is 9.97. The van der Waals surface area contributed by atoms with Crippen molar-refractivity contribution in [3.63, 3.8) is 0 Å². The molecule has 0 bridgehead atoms. The van der Waals surface area contributed by atoms with Gasteiger partial charge in [0, 0.05) is 42.9 Å². The van der Waals surface area contributed by atoms with Crippen LogP contribution in [0, 0.1) is 0 Å². The molecule has 1 amide bonds. The van der Waals surface area contributed by atoms with Crippen LogP contribution in [0.1, 0.15) is 35.3 Å². The summed E-state index contributed by atoms with van der Waals surface area (Å²) in [7, 11) is 0. The van der Waals surface area contributed by atoms with Gasteiger partial charge in [0.2, 0.25) is 0 Å². The molecule has 6 heteroatoms. The number of amides is 1. The third-order valence-electron chi connectivity index (χ3n) is 4.92. The second kappa shape index (κ2) is 7.47. The quantitative estimate of drug-likeness (QED) is 0.769. The molecule has 4 rings (SSSR count). The van der Waals surface area contributed by atoms with E-state index in [4.69, 9.17) is 0 Å². The van der Waals surface area contributed by atoms with Crippen LogP contribution in [0.15, 0.2) is 55.1 Å². The van der Waals surface area contributed by atoms with Crippen LogP contribution >= 0.6 is 0 Å². The lowest BCUT2D eigenvalue weighted by Crippen LogP contribution is -2.36. The number of H-pyrrole nitrogens is 1. The number of carbonyl (C=O) groups excluding carboxylic acids is 1. The molecule has 1 fully saturated rings. The van der Waals surface area contributed by atoms with Gasteiger partial charge in [0.15, 0.2) is 0 Å². The average molecular weight is 347 g/mol. The molecule has 0 aliphatic carbocycles. The first-order valence-corrected chi connectivity index (χ1v) is 8.97. The van der Waals surface area contributed by atoms with Crippen LogP contribution in [0.5, 0.6) is 0 Å². The third-order valence-corrected chi connectivity index (χ3v) is 4.92. The van der Waals surface area contributed by atoms with Crippen molar-refractivity contribution in [2.24, 2.45) is 0 Å². The van der Waals surface area contributed by atoms with Crippen LogP contribution in [0.4, 0.5) is 0 Å². The van der Waals surface area contributed by atoms with Crippen molar-refractivity contribution < 1.29 is 4.79 Å². The van der Waals surface area contributed by atoms with Crippen LogP contribution in [0.2, 0.25) is 0 Å². The third kappa shape index (κ3) is 3.49. The fraction of sp³-hybridized carbons (Fsp3) is 0.300. The zero-order valence-electron chi connectivity index (χ0n) is 14.5. The maximum Gasteiger partial charge on any atom is 0.272 e. The highest BCUT2D eigenvalue weighted by molar-refractivity contribution is 5.93. The molecule has 3 aromatic rings. The first kappa shape index (κ1) is 16.4. The molecule has 0 spiro atoms. The van der Waals surface area contributed by atoms with E-state index in [2.05, 4.69) is 20.2 Å². The van der Waals surface area contributed by atoms with Crippen LogP contribution in [0.3, 0.4) is 0 Å². The van der Waals surface area contributed by atoms with Crippen molar-refractivity contribution in [2.45, 2.75) is 31.7 Å². The molecule has 1 atom stereocenters. The summed E-state index contributed by atoms with van der Waals surface area (Å²) in [6.07, 6.45) is 11.1. The van der Waals surface area contributed by atoms with Gasteiger partial charge in [-0.3, -0.25) is 19.9 Å². The van der Waals surface area contributed by atoms with Gasteiger partial charge < -0.3 is 4.90 Å². The Morgan fingerprint density at radius 1 is 1.19 bits per heavy atom. The van der Waals surface area contributed by atoms with Crippen molar-refractivity contribution in [3.8, 4) is 11.3 Å². The van der Waals surface area contributed by atoms with Crippen molar-refractivity contribution >= 4 is 5.91 Å². The van der Waals surface area contributed by atoms with Crippen molar-refractivity contribution in [1.29, 1.82) is 0 Å². The number of nitrogens with one attached hydrogen (secondary N) is 1. The number of carbonyl (C=O) groups is 1. The molecule has 0 radical (unpaired) electrons. The summed E-state index contributed by atoms with van der Waals surface area (Å²) in [5.74, 6) is 0.0323. The molecule has 0 saturated carbocycles. The highest BCUT2D eigenvalue weighted by Gasteiger charge is 2.30. The summed E-state index contributed by atoms with van der Waals surface area (Å²) < 4.78 is 0. The van der Waals surface area contributed by atoms with E-state index in [-0.39, 0.29) is 11.9 Å². The standard InChI is InChI=1S/C20H21N5O/c26-20(19-13-18(23-24-19)16-3-1-9-22-14-16)25-12-2-4-17(25)6-5-15-7-10-21-11-8-15/h1,3,7-11,13-14,17H,2,4-6,12H2,(H,23,24)/t17-/m0/s1. The minimum absolute atomic E-state index is 0.0323. The van der Waals surface area contributed by atoms with E-state index in [9.17, 15) is 4.79 Å². The molecule has 3 aromatic heterocycles. The van der Waals surface area contributed by atoms with Gasteiger partial charge in [-0.2, -0.15) is 5.10 Å². The van der Waals surface area contributed by atoms with Crippen LogP contribution in [-0.4, -0.2) is 43.6 Å². The first-order valence-electron chi connectivity index (χ1n) is 8.97. The summed E-state index contributed by atoms with van der Waals surface area (Å²) in [4.78, 5) is 23.1. The molecule has 0 aromatic carbocycles. The highest BCUT2D eigenvalue weighted by Crippen LogP contribution is 2.25. The molecule has 0 unspecified atom stereocenters. The fourth-order valence-electron chi connectivity index (χ4n) is 3.53. The second-order valence-electron chi connectivity index (χ2n) is 6.60. The van der Waals surface area contributed by atoms with Crippen LogP contribution < -0.4 is 0 Å². The molecular weight excluding hydrogens is 326 g/mol. The first-order chi connectivity index (χ1) is 12.8. The minimum atomic E-state index is 0.0323. The van der Waals surface area contributed by atoms with Crippen LogP contribution in [-0.2, 0) is 6.42 Å². The molecule has 4 heterocycles. The Morgan fingerprint density at radius 2 is 2.08 bits per heavy atom. The smallest absolute Gasteiger partial charge is 0.272 e. The van der Waals surface area contributed by atoms with E-state index in [1.54, 1.807) is 12.4 Å². The number of rotatable bonds is 5. The molecule has 1 saturated heterocycles. The van der Waals surface area contributed by atoms with E-state index < -0.39 is 0 Å². The normalized spacial score (nSPS) is 16.8. The van der Waals surface area contributed by atoms with Gasteiger partial charge in [0.1, 0.15) is 5.69 Å². The molecule has 26 heavy (non-hydrogen) atoms. The Balaban J connectivity index is 1.44. The lowest BCUT2D eigenvalue weighted by Gasteiger charge is -2.24. The predicted octanol–water partition coefficient (Wildman–Crippen LogP) is 3.10. The Labute approximate surface area is 152 Å². The Kier molecular flexibility index (Phi) is 4.73. The number of aryl methyl sites for hydroxylation is 1. The number of hydrogen-bond donors (Lipinski definition) is 1. The Bertz CT molecular complexity index is 862.